The van der Waals surface area contributed by atoms with Crippen LogP contribution in [0.2, 0.25) is 0 Å². The molecular formula is C29H33F3N4O. The number of aromatic nitrogens is 1. The number of nitrogens with zero attached hydrogens (tertiary/aromatic N) is 3. The second-order valence-electron chi connectivity index (χ2n) is 9.85. The average Bonchev–Trinajstić information content (AvgIpc) is 2.90. The fourth-order valence-corrected chi connectivity index (χ4v) is 5.05. The first-order chi connectivity index (χ1) is 17.7. The maximum atomic E-state index is 13.2. The molecule has 0 amide bonds. The van der Waals surface area contributed by atoms with Crippen LogP contribution in [0.3, 0.4) is 0 Å². The van der Waals surface area contributed by atoms with E-state index in [-0.39, 0.29) is 0 Å². The smallest absolute Gasteiger partial charge is 0.395 e. The monoisotopic (exact) mass is 510 g/mol. The predicted molar refractivity (Wildman–Crippen MR) is 139 cm³/mol. The molecule has 2 aromatic carbocycles. The highest BCUT2D eigenvalue weighted by Crippen LogP contribution is 2.36. The maximum absolute atomic E-state index is 13.2. The first-order valence-electron chi connectivity index (χ1n) is 12.7. The van der Waals surface area contributed by atoms with Gasteiger partial charge < -0.3 is 15.0 Å². The quantitative estimate of drug-likeness (QED) is 0.410. The number of pyridine rings is 1. The van der Waals surface area contributed by atoms with Crippen molar-refractivity contribution >= 4 is 10.9 Å². The summed E-state index contributed by atoms with van der Waals surface area (Å²) in [6, 6.07) is 13.7. The van der Waals surface area contributed by atoms with E-state index in [1.54, 1.807) is 32.4 Å². The lowest BCUT2D eigenvalue weighted by atomic mass is 9.93. The molecule has 0 spiro atoms. The van der Waals surface area contributed by atoms with Gasteiger partial charge in [-0.3, -0.25) is 4.98 Å². The van der Waals surface area contributed by atoms with E-state index in [0.717, 1.165) is 66.7 Å². The van der Waals surface area contributed by atoms with E-state index < -0.39 is 12.1 Å². The lowest BCUT2D eigenvalue weighted by molar-refractivity contribution is -0.146. The van der Waals surface area contributed by atoms with Gasteiger partial charge >= 0.3 is 6.18 Å². The molecule has 0 bridgehead atoms. The summed E-state index contributed by atoms with van der Waals surface area (Å²) in [6.07, 6.45) is 0.0800. The number of likely N-dealkylation sites (tertiary alicyclic amines) is 1. The van der Waals surface area contributed by atoms with Crippen LogP contribution in [-0.4, -0.2) is 48.8 Å². The number of alkyl halides is 3. The Hall–Kier alpha value is -3.15. The summed E-state index contributed by atoms with van der Waals surface area (Å²) in [7, 11) is 1.63. The van der Waals surface area contributed by atoms with Crippen molar-refractivity contribution in [1.29, 1.82) is 5.26 Å². The summed E-state index contributed by atoms with van der Waals surface area (Å²) in [4.78, 5) is 6.82. The highest BCUT2D eigenvalue weighted by Gasteiger charge is 2.37. The summed E-state index contributed by atoms with van der Waals surface area (Å²) in [5.74, 6) is -0.734. The molecule has 4 rings (SSSR count). The molecule has 37 heavy (non-hydrogen) atoms. The molecule has 1 N–H and O–H groups in total. The van der Waals surface area contributed by atoms with Gasteiger partial charge in [-0.05, 0) is 86.7 Å². The Morgan fingerprint density at radius 3 is 2.62 bits per heavy atom. The van der Waals surface area contributed by atoms with Crippen molar-refractivity contribution in [2.75, 3.05) is 26.7 Å². The third kappa shape index (κ3) is 6.41. The zero-order valence-corrected chi connectivity index (χ0v) is 21.5. The van der Waals surface area contributed by atoms with Gasteiger partial charge in [0.15, 0.2) is 0 Å². The number of piperidine rings is 1. The number of rotatable bonds is 8. The van der Waals surface area contributed by atoms with E-state index in [1.165, 1.54) is 6.92 Å². The molecule has 0 radical (unpaired) electrons. The number of aryl methyl sites for hydroxylation is 1. The Labute approximate surface area is 216 Å². The Morgan fingerprint density at radius 2 is 1.95 bits per heavy atom. The fourth-order valence-electron chi connectivity index (χ4n) is 5.05. The van der Waals surface area contributed by atoms with Crippen molar-refractivity contribution in [1.82, 2.24) is 15.2 Å². The van der Waals surface area contributed by atoms with E-state index in [0.29, 0.717) is 29.3 Å². The highest BCUT2D eigenvalue weighted by atomic mass is 19.4. The average molecular weight is 511 g/mol. The largest absolute Gasteiger partial charge is 0.497 e. The minimum absolute atomic E-state index is 0.321. The van der Waals surface area contributed by atoms with E-state index in [2.05, 4.69) is 21.3 Å². The van der Waals surface area contributed by atoms with Crippen LogP contribution in [0.25, 0.3) is 10.9 Å². The molecule has 1 unspecified atom stereocenters. The molecule has 0 saturated carbocycles. The zero-order valence-electron chi connectivity index (χ0n) is 21.5. The van der Waals surface area contributed by atoms with Gasteiger partial charge in [0.2, 0.25) is 0 Å². The molecule has 1 saturated heterocycles. The number of nitriles is 1. The van der Waals surface area contributed by atoms with Gasteiger partial charge in [0.1, 0.15) is 11.8 Å². The molecule has 2 heterocycles. The first-order valence-corrected chi connectivity index (χ1v) is 12.7. The molecule has 1 aromatic heterocycles. The fraction of sp³-hybridized carbons (Fsp3) is 0.448. The Bertz CT molecular complexity index is 1280. The normalized spacial score (nSPS) is 16.0. The Morgan fingerprint density at radius 1 is 1.19 bits per heavy atom. The first kappa shape index (κ1) is 26.9. The summed E-state index contributed by atoms with van der Waals surface area (Å²) in [6.45, 7) is 6.20. The van der Waals surface area contributed by atoms with Crippen LogP contribution in [0.5, 0.6) is 5.75 Å². The summed E-state index contributed by atoms with van der Waals surface area (Å²) in [5, 5.41) is 14.1. The molecule has 196 valence electrons. The highest BCUT2D eigenvalue weighted by molar-refractivity contribution is 5.85. The SMILES string of the molecule is COc1ccc2ncc(C#N)c(CCN3CCC(NCc4ccc(C)c(C(C)C(F)(F)F)c4)CC3)c2c1. The molecule has 3 aromatic rings. The van der Waals surface area contributed by atoms with Crippen LogP contribution in [0.15, 0.2) is 42.6 Å². The van der Waals surface area contributed by atoms with Crippen LogP contribution < -0.4 is 10.1 Å². The predicted octanol–water partition coefficient (Wildman–Crippen LogP) is 5.89. The minimum atomic E-state index is -4.24. The minimum Gasteiger partial charge on any atom is -0.497 e. The van der Waals surface area contributed by atoms with Gasteiger partial charge in [0, 0.05) is 30.7 Å². The van der Waals surface area contributed by atoms with Crippen molar-refractivity contribution in [3.8, 4) is 11.8 Å². The van der Waals surface area contributed by atoms with Crippen LogP contribution in [0.1, 0.15) is 53.5 Å². The molecule has 1 atom stereocenters. The number of hydrogen-bond acceptors (Lipinski definition) is 5. The van der Waals surface area contributed by atoms with Gasteiger partial charge in [0.05, 0.1) is 24.1 Å². The second-order valence-corrected chi connectivity index (χ2v) is 9.85. The van der Waals surface area contributed by atoms with Crippen molar-refractivity contribution in [3.63, 3.8) is 0 Å². The number of methoxy groups -OCH3 is 1. The molecule has 8 heteroatoms. The van der Waals surface area contributed by atoms with E-state index in [1.807, 2.05) is 24.3 Å². The third-order valence-corrected chi connectivity index (χ3v) is 7.47. The lowest BCUT2D eigenvalue weighted by Crippen LogP contribution is -2.42. The lowest BCUT2D eigenvalue weighted by Gasteiger charge is -2.32. The number of ether oxygens (including phenoxy) is 1. The zero-order chi connectivity index (χ0) is 26.6. The molecule has 0 aliphatic carbocycles. The second kappa shape index (κ2) is 11.5. The Balaban J connectivity index is 1.32. The van der Waals surface area contributed by atoms with Gasteiger partial charge in [-0.25, -0.2) is 0 Å². The molecule has 5 nitrogen and oxygen atoms in total. The number of benzene rings is 2. The third-order valence-electron chi connectivity index (χ3n) is 7.47. The number of fused-ring (bicyclic) bond motifs is 1. The Kier molecular flexibility index (Phi) is 8.35. The van der Waals surface area contributed by atoms with Crippen molar-refractivity contribution in [3.05, 3.63) is 70.4 Å². The summed E-state index contributed by atoms with van der Waals surface area (Å²) < 4.78 is 45.1. The van der Waals surface area contributed by atoms with E-state index in [4.69, 9.17) is 4.74 Å². The number of hydrogen-bond donors (Lipinski definition) is 1. The van der Waals surface area contributed by atoms with Crippen LogP contribution in [0.4, 0.5) is 13.2 Å². The van der Waals surface area contributed by atoms with E-state index >= 15 is 0 Å². The molecule has 1 aliphatic rings. The topological polar surface area (TPSA) is 61.2 Å². The van der Waals surface area contributed by atoms with Crippen LogP contribution >= 0.6 is 0 Å². The number of halogens is 3. The van der Waals surface area contributed by atoms with Gasteiger partial charge in [-0.1, -0.05) is 18.2 Å². The van der Waals surface area contributed by atoms with E-state index in [9.17, 15) is 18.4 Å². The summed E-state index contributed by atoms with van der Waals surface area (Å²) in [5.41, 5.74) is 4.33. The van der Waals surface area contributed by atoms with Gasteiger partial charge in [0.25, 0.3) is 0 Å². The van der Waals surface area contributed by atoms with Crippen molar-refractivity contribution < 1.29 is 17.9 Å². The van der Waals surface area contributed by atoms with Gasteiger partial charge in [-0.15, -0.1) is 0 Å². The number of nitrogens with one attached hydrogen (secondary N) is 1. The van der Waals surface area contributed by atoms with Crippen molar-refractivity contribution in [2.24, 2.45) is 0 Å². The summed E-state index contributed by atoms with van der Waals surface area (Å²) >= 11 is 0. The molecular weight excluding hydrogens is 477 g/mol. The molecule has 1 fully saturated rings. The van der Waals surface area contributed by atoms with Crippen LogP contribution in [0, 0.1) is 18.3 Å². The van der Waals surface area contributed by atoms with Crippen molar-refractivity contribution in [2.45, 2.75) is 57.8 Å². The van der Waals surface area contributed by atoms with Gasteiger partial charge in [-0.2, -0.15) is 18.4 Å². The standard InChI is InChI=1S/C29H33F3N4O/c1-19-4-5-21(14-26(19)20(2)29(30,31)32)17-34-23-8-11-36(12-9-23)13-10-25-22(16-33)18-35-28-7-6-24(37-3)15-27(25)28/h4-7,14-15,18,20,23,34H,8-13,17H2,1-3H3. The molecule has 1 aliphatic heterocycles. The maximum Gasteiger partial charge on any atom is 0.395 e. The van der Waals surface area contributed by atoms with Crippen LogP contribution in [-0.2, 0) is 13.0 Å².